The third-order valence-electron chi connectivity index (χ3n) is 5.14. The van der Waals surface area contributed by atoms with E-state index in [1.807, 2.05) is 12.3 Å². The first-order chi connectivity index (χ1) is 11.7. The Morgan fingerprint density at radius 1 is 1.38 bits per heavy atom. The van der Waals surface area contributed by atoms with E-state index < -0.39 is 0 Å². The number of nitrogens with one attached hydrogen (secondary N) is 1. The molecule has 1 aliphatic heterocycles. The molecule has 1 spiro atoms. The van der Waals surface area contributed by atoms with Crippen LogP contribution in [-0.4, -0.2) is 46.0 Å². The van der Waals surface area contributed by atoms with E-state index >= 15 is 0 Å². The van der Waals surface area contributed by atoms with Gasteiger partial charge in [-0.1, -0.05) is 25.3 Å². The number of aryl methyl sites for hydroxylation is 1. The van der Waals surface area contributed by atoms with Crippen LogP contribution in [0.4, 0.5) is 0 Å². The average molecular weight is 347 g/mol. The van der Waals surface area contributed by atoms with E-state index in [1.54, 1.807) is 0 Å². The van der Waals surface area contributed by atoms with Crippen LogP contribution in [0.1, 0.15) is 50.3 Å². The van der Waals surface area contributed by atoms with Crippen LogP contribution in [0.2, 0.25) is 0 Å². The van der Waals surface area contributed by atoms with Crippen molar-refractivity contribution in [3.05, 3.63) is 29.6 Å². The van der Waals surface area contributed by atoms with Gasteiger partial charge in [0.1, 0.15) is 0 Å². The lowest BCUT2D eigenvalue weighted by Crippen LogP contribution is -2.53. The molecule has 0 bridgehead atoms. The van der Waals surface area contributed by atoms with Crippen molar-refractivity contribution in [3.8, 4) is 0 Å². The van der Waals surface area contributed by atoms with Crippen molar-refractivity contribution >= 4 is 17.7 Å². The van der Waals surface area contributed by atoms with Crippen molar-refractivity contribution in [2.75, 3.05) is 25.4 Å². The molecule has 1 aliphatic carbocycles. The van der Waals surface area contributed by atoms with Gasteiger partial charge in [0.2, 0.25) is 0 Å². The van der Waals surface area contributed by atoms with E-state index in [0.29, 0.717) is 11.3 Å². The summed E-state index contributed by atoms with van der Waals surface area (Å²) in [5.41, 5.74) is 2.29. The van der Waals surface area contributed by atoms with E-state index in [1.165, 1.54) is 43.4 Å². The molecule has 2 fully saturated rings. The Balaban J connectivity index is 1.72. The first kappa shape index (κ1) is 17.6. The summed E-state index contributed by atoms with van der Waals surface area (Å²) in [6.07, 6.45) is 8.79. The lowest BCUT2D eigenvalue weighted by atomic mass is 9.87. The van der Waals surface area contributed by atoms with Gasteiger partial charge in [-0.25, -0.2) is 4.99 Å². The average Bonchev–Trinajstić information content (AvgIpc) is 2.60. The zero-order valence-corrected chi connectivity index (χ0v) is 15.9. The second-order valence-corrected chi connectivity index (χ2v) is 8.51. The molecule has 4 nitrogen and oxygen atoms in total. The fourth-order valence-electron chi connectivity index (χ4n) is 3.78. The summed E-state index contributed by atoms with van der Waals surface area (Å²) in [5, 5.41) is 3.50. The number of aromatic nitrogens is 1. The summed E-state index contributed by atoms with van der Waals surface area (Å²) in [5.74, 6) is 2.28. The number of rotatable bonds is 3. The molecule has 1 saturated carbocycles. The molecule has 0 aromatic carbocycles. The van der Waals surface area contributed by atoms with Gasteiger partial charge in [0.05, 0.1) is 12.2 Å². The van der Waals surface area contributed by atoms with Gasteiger partial charge in [-0.15, -0.1) is 0 Å². The highest BCUT2D eigenvalue weighted by Gasteiger charge is 2.38. The lowest BCUT2D eigenvalue weighted by Gasteiger charge is -2.45. The maximum Gasteiger partial charge on any atom is 0.194 e. The SMILES string of the molecule is CCNC(=NCc1ncccc1C)N1CCSC2(CCCCC2)C1. The Bertz CT molecular complexity index is 561. The van der Waals surface area contributed by atoms with Crippen LogP contribution < -0.4 is 5.32 Å². The first-order valence-electron chi connectivity index (χ1n) is 9.30. The molecule has 0 atom stereocenters. The Morgan fingerprint density at radius 2 is 2.21 bits per heavy atom. The highest BCUT2D eigenvalue weighted by molar-refractivity contribution is 8.00. The Labute approximate surface area is 150 Å². The summed E-state index contributed by atoms with van der Waals surface area (Å²) in [7, 11) is 0. The highest BCUT2D eigenvalue weighted by Crippen LogP contribution is 2.42. The van der Waals surface area contributed by atoms with E-state index in [4.69, 9.17) is 4.99 Å². The zero-order chi connectivity index (χ0) is 16.8. The van der Waals surface area contributed by atoms with Crippen LogP contribution in [0.15, 0.2) is 23.3 Å². The van der Waals surface area contributed by atoms with Crippen molar-refractivity contribution in [1.82, 2.24) is 15.2 Å². The predicted octanol–water partition coefficient (Wildman–Crippen LogP) is 3.61. The molecule has 1 saturated heterocycles. The van der Waals surface area contributed by atoms with Gasteiger partial charge in [-0.2, -0.15) is 11.8 Å². The first-order valence-corrected chi connectivity index (χ1v) is 10.3. The molecule has 2 aliphatic rings. The normalized spacial score (nSPS) is 21.1. The number of aliphatic imine (C=N–C) groups is 1. The zero-order valence-electron chi connectivity index (χ0n) is 15.1. The summed E-state index contributed by atoms with van der Waals surface area (Å²) in [6, 6.07) is 4.10. The summed E-state index contributed by atoms with van der Waals surface area (Å²) < 4.78 is 0.466. The molecule has 2 heterocycles. The van der Waals surface area contributed by atoms with Crippen molar-refractivity contribution in [2.24, 2.45) is 4.99 Å². The number of guanidine groups is 1. The molecule has 1 N–H and O–H groups in total. The van der Waals surface area contributed by atoms with Crippen molar-refractivity contribution in [3.63, 3.8) is 0 Å². The van der Waals surface area contributed by atoms with Gasteiger partial charge in [0.25, 0.3) is 0 Å². The van der Waals surface area contributed by atoms with Crippen molar-refractivity contribution < 1.29 is 0 Å². The summed E-state index contributed by atoms with van der Waals surface area (Å²) >= 11 is 2.21. The predicted molar refractivity (Wildman–Crippen MR) is 104 cm³/mol. The van der Waals surface area contributed by atoms with Crippen LogP contribution in [0.5, 0.6) is 0 Å². The molecule has 1 aromatic heterocycles. The molecule has 1 aromatic rings. The van der Waals surface area contributed by atoms with E-state index in [9.17, 15) is 0 Å². The standard InChI is InChI=1S/C19H30N4S/c1-3-20-18(22-14-17-16(2)8-7-11-21-17)23-12-13-24-19(15-23)9-5-4-6-10-19/h7-8,11H,3-6,9-10,12-15H2,1-2H3,(H,20,22). The quantitative estimate of drug-likeness (QED) is 0.670. The third kappa shape index (κ3) is 4.24. The van der Waals surface area contributed by atoms with Gasteiger partial charge in [-0.3, -0.25) is 4.98 Å². The minimum Gasteiger partial charge on any atom is -0.357 e. The second kappa shape index (κ2) is 8.24. The van der Waals surface area contributed by atoms with Gasteiger partial charge >= 0.3 is 0 Å². The van der Waals surface area contributed by atoms with Crippen molar-refractivity contribution in [1.29, 1.82) is 0 Å². The largest absolute Gasteiger partial charge is 0.357 e. The van der Waals surface area contributed by atoms with Gasteiger partial charge in [-0.05, 0) is 38.3 Å². The summed E-state index contributed by atoms with van der Waals surface area (Å²) in [6.45, 7) is 8.07. The number of thioether (sulfide) groups is 1. The van der Waals surface area contributed by atoms with Crippen LogP contribution in [0.25, 0.3) is 0 Å². The highest BCUT2D eigenvalue weighted by atomic mass is 32.2. The molecule has 3 rings (SSSR count). The Kier molecular flexibility index (Phi) is 6.04. The van der Waals surface area contributed by atoms with Crippen LogP contribution >= 0.6 is 11.8 Å². The van der Waals surface area contributed by atoms with Crippen LogP contribution in [-0.2, 0) is 6.54 Å². The van der Waals surface area contributed by atoms with Gasteiger partial charge in [0, 0.05) is 36.3 Å². The number of hydrogen-bond donors (Lipinski definition) is 1. The van der Waals surface area contributed by atoms with Crippen LogP contribution in [0.3, 0.4) is 0 Å². The minimum absolute atomic E-state index is 0.466. The molecule has 24 heavy (non-hydrogen) atoms. The van der Waals surface area contributed by atoms with E-state index in [0.717, 1.165) is 31.3 Å². The number of nitrogens with zero attached hydrogens (tertiary/aromatic N) is 3. The van der Waals surface area contributed by atoms with Gasteiger partial charge in [0.15, 0.2) is 5.96 Å². The smallest absolute Gasteiger partial charge is 0.194 e. The third-order valence-corrected chi connectivity index (χ3v) is 6.68. The van der Waals surface area contributed by atoms with E-state index in [-0.39, 0.29) is 0 Å². The molecule has 0 radical (unpaired) electrons. The van der Waals surface area contributed by atoms with Crippen LogP contribution in [0, 0.1) is 6.92 Å². The van der Waals surface area contributed by atoms with E-state index in [2.05, 4.69) is 46.9 Å². The lowest BCUT2D eigenvalue weighted by molar-refractivity contribution is 0.293. The molecule has 0 unspecified atom stereocenters. The number of hydrogen-bond acceptors (Lipinski definition) is 3. The van der Waals surface area contributed by atoms with Crippen molar-refractivity contribution in [2.45, 2.75) is 57.2 Å². The molecule has 0 amide bonds. The maximum absolute atomic E-state index is 4.91. The molecule has 5 heteroatoms. The Morgan fingerprint density at radius 3 is 2.96 bits per heavy atom. The van der Waals surface area contributed by atoms with Gasteiger partial charge < -0.3 is 10.2 Å². The maximum atomic E-state index is 4.91. The Hall–Kier alpha value is -1.23. The second-order valence-electron chi connectivity index (χ2n) is 6.95. The fourth-order valence-corrected chi connectivity index (χ4v) is 5.35. The molecular formula is C19H30N4S. The minimum atomic E-state index is 0.466. The monoisotopic (exact) mass is 346 g/mol. The molecular weight excluding hydrogens is 316 g/mol. The fraction of sp³-hybridized carbons (Fsp3) is 0.684. The molecule has 132 valence electrons. The number of pyridine rings is 1. The topological polar surface area (TPSA) is 40.5 Å². The summed E-state index contributed by atoms with van der Waals surface area (Å²) in [4.78, 5) is 11.9.